The summed E-state index contributed by atoms with van der Waals surface area (Å²) in [6, 6.07) is 17.2. The lowest BCUT2D eigenvalue weighted by atomic mass is 10.0. The third kappa shape index (κ3) is 3.92. The van der Waals surface area contributed by atoms with E-state index in [2.05, 4.69) is 31.9 Å². The van der Waals surface area contributed by atoms with Gasteiger partial charge in [0.15, 0.2) is 5.13 Å². The molecule has 0 fully saturated rings. The third-order valence-electron chi connectivity index (χ3n) is 4.85. The van der Waals surface area contributed by atoms with Crippen LogP contribution < -0.4 is 10.2 Å². The Labute approximate surface area is 186 Å². The molecule has 10 heteroatoms. The average Bonchev–Trinajstić information content (AvgIpc) is 3.47. The Morgan fingerprint density at radius 1 is 1.13 bits per heavy atom. The van der Waals surface area contributed by atoms with Gasteiger partial charge >= 0.3 is 0 Å². The maximum Gasteiger partial charge on any atom is 0.251 e. The Morgan fingerprint density at radius 3 is 2.68 bits per heavy atom. The molecule has 0 aliphatic carbocycles. The summed E-state index contributed by atoms with van der Waals surface area (Å²) in [5.74, 6) is 0.270. The molecule has 1 atom stereocenters. The number of hydrogen-bond donors (Lipinski definition) is 1. The topological polar surface area (TPSA) is 88.8 Å². The quantitative estimate of drug-likeness (QED) is 0.497. The highest BCUT2D eigenvalue weighted by atomic mass is 35.5. The van der Waals surface area contributed by atoms with E-state index in [1.54, 1.807) is 10.9 Å². The molecule has 1 aliphatic heterocycles. The third-order valence-corrected chi connectivity index (χ3v) is 5.79. The summed E-state index contributed by atoms with van der Waals surface area (Å²) < 4.78 is 1.70. The Morgan fingerprint density at radius 2 is 1.94 bits per heavy atom. The molecule has 0 spiro atoms. The van der Waals surface area contributed by atoms with Crippen LogP contribution in [0.25, 0.3) is 5.70 Å². The van der Waals surface area contributed by atoms with Crippen LogP contribution in [0.2, 0.25) is 5.02 Å². The molecule has 31 heavy (non-hydrogen) atoms. The Kier molecular flexibility index (Phi) is 5.19. The number of carbonyl (C=O) groups excluding carboxylic acids is 1. The molecule has 1 aliphatic rings. The van der Waals surface area contributed by atoms with Crippen LogP contribution in [-0.2, 0) is 4.79 Å². The zero-order chi connectivity index (χ0) is 21.2. The largest absolute Gasteiger partial charge is 0.300 e. The lowest BCUT2D eigenvalue weighted by molar-refractivity contribution is -0.114. The predicted octanol–water partition coefficient (Wildman–Crippen LogP) is 3.87. The Bertz CT molecular complexity index is 1220. The van der Waals surface area contributed by atoms with Crippen molar-refractivity contribution < 1.29 is 4.79 Å². The standard InChI is InChI=1S/C21H16ClN7OS/c22-16-8-6-15(7-9-16)18-12-17(14-4-2-1-3-5-14)28(21-25-26-27-29(18)21)13-19(30)24-20-23-10-11-31-20/h1-12,18H,13H2,(H,23,24,30)/t18-/m0/s1. The lowest BCUT2D eigenvalue weighted by Gasteiger charge is -2.32. The van der Waals surface area contributed by atoms with E-state index < -0.39 is 0 Å². The number of tetrazole rings is 1. The molecule has 4 aromatic rings. The summed E-state index contributed by atoms with van der Waals surface area (Å²) in [5, 5.41) is 18.1. The van der Waals surface area contributed by atoms with Crippen molar-refractivity contribution in [2.75, 3.05) is 16.8 Å². The van der Waals surface area contributed by atoms with Gasteiger partial charge in [-0.15, -0.1) is 11.3 Å². The van der Waals surface area contributed by atoms with E-state index in [9.17, 15) is 4.79 Å². The van der Waals surface area contributed by atoms with Gasteiger partial charge < -0.3 is 5.32 Å². The minimum Gasteiger partial charge on any atom is -0.300 e. The van der Waals surface area contributed by atoms with E-state index in [0.717, 1.165) is 16.8 Å². The van der Waals surface area contributed by atoms with E-state index in [1.165, 1.54) is 11.3 Å². The number of thiazole rings is 1. The molecule has 0 saturated heterocycles. The summed E-state index contributed by atoms with van der Waals surface area (Å²) in [6.07, 6.45) is 3.70. The monoisotopic (exact) mass is 449 g/mol. The highest BCUT2D eigenvalue weighted by Gasteiger charge is 2.32. The molecule has 3 heterocycles. The van der Waals surface area contributed by atoms with Crippen molar-refractivity contribution in [1.29, 1.82) is 0 Å². The number of amides is 1. The summed E-state index contributed by atoms with van der Waals surface area (Å²) in [6.45, 7) is 0.0357. The number of halogens is 1. The normalized spacial score (nSPS) is 15.3. The molecule has 2 aromatic heterocycles. The number of carbonyl (C=O) groups is 1. The van der Waals surface area contributed by atoms with Crippen LogP contribution in [0, 0.1) is 0 Å². The van der Waals surface area contributed by atoms with Gasteiger partial charge in [-0.05, 0) is 39.8 Å². The summed E-state index contributed by atoms with van der Waals surface area (Å²) in [5.41, 5.74) is 2.79. The van der Waals surface area contributed by atoms with Gasteiger partial charge in [-0.25, -0.2) is 4.98 Å². The number of rotatable bonds is 5. The molecule has 1 amide bonds. The number of fused-ring (bicyclic) bond motifs is 1. The number of aromatic nitrogens is 5. The van der Waals surface area contributed by atoms with Gasteiger partial charge in [0, 0.05) is 16.6 Å². The van der Waals surface area contributed by atoms with Crippen molar-refractivity contribution in [2.24, 2.45) is 0 Å². The molecule has 2 aromatic carbocycles. The van der Waals surface area contributed by atoms with Crippen LogP contribution in [-0.4, -0.2) is 37.6 Å². The molecule has 8 nitrogen and oxygen atoms in total. The van der Waals surface area contributed by atoms with Gasteiger partial charge in [-0.1, -0.05) is 59.2 Å². The van der Waals surface area contributed by atoms with Crippen molar-refractivity contribution >= 4 is 45.6 Å². The van der Waals surface area contributed by atoms with Gasteiger partial charge in [0.25, 0.3) is 5.95 Å². The summed E-state index contributed by atoms with van der Waals surface area (Å²) in [4.78, 5) is 18.7. The fourth-order valence-electron chi connectivity index (χ4n) is 3.47. The van der Waals surface area contributed by atoms with Crippen LogP contribution >= 0.6 is 22.9 Å². The number of nitrogens with one attached hydrogen (secondary N) is 1. The molecule has 0 radical (unpaired) electrons. The van der Waals surface area contributed by atoms with Crippen molar-refractivity contribution in [3.8, 4) is 0 Å². The number of hydrogen-bond acceptors (Lipinski definition) is 7. The first kappa shape index (κ1) is 19.4. The molecular formula is C21H16ClN7OS. The minimum atomic E-state index is -0.240. The molecule has 0 bridgehead atoms. The second-order valence-corrected chi connectivity index (χ2v) is 8.14. The number of allylic oxidation sites excluding steroid dienone is 1. The van der Waals surface area contributed by atoms with Crippen LogP contribution in [0.1, 0.15) is 17.2 Å². The highest BCUT2D eigenvalue weighted by Crippen LogP contribution is 2.36. The Hall–Kier alpha value is -3.56. The van der Waals surface area contributed by atoms with Gasteiger partial charge in [-0.2, -0.15) is 4.68 Å². The minimum absolute atomic E-state index is 0.0357. The number of nitrogens with zero attached hydrogens (tertiary/aromatic N) is 6. The zero-order valence-electron chi connectivity index (χ0n) is 16.1. The van der Waals surface area contributed by atoms with E-state index in [1.807, 2.05) is 64.9 Å². The first-order valence-corrected chi connectivity index (χ1v) is 10.7. The highest BCUT2D eigenvalue weighted by molar-refractivity contribution is 7.13. The van der Waals surface area contributed by atoms with Crippen molar-refractivity contribution in [3.63, 3.8) is 0 Å². The van der Waals surface area contributed by atoms with E-state index in [4.69, 9.17) is 11.6 Å². The molecular weight excluding hydrogens is 434 g/mol. The lowest BCUT2D eigenvalue weighted by Crippen LogP contribution is -2.37. The average molecular weight is 450 g/mol. The van der Waals surface area contributed by atoms with Crippen molar-refractivity contribution in [1.82, 2.24) is 25.2 Å². The fourth-order valence-corrected chi connectivity index (χ4v) is 4.14. The van der Waals surface area contributed by atoms with Gasteiger partial charge in [0.1, 0.15) is 12.6 Å². The smallest absolute Gasteiger partial charge is 0.251 e. The van der Waals surface area contributed by atoms with Crippen molar-refractivity contribution in [2.45, 2.75) is 6.04 Å². The first-order valence-electron chi connectivity index (χ1n) is 9.46. The molecule has 1 N–H and O–H groups in total. The second kappa shape index (κ2) is 8.29. The molecule has 5 rings (SSSR count). The zero-order valence-corrected chi connectivity index (χ0v) is 17.7. The van der Waals surface area contributed by atoms with Crippen LogP contribution in [0.3, 0.4) is 0 Å². The maximum atomic E-state index is 12.8. The van der Waals surface area contributed by atoms with Gasteiger partial charge in [-0.3, -0.25) is 9.69 Å². The predicted molar refractivity (Wildman–Crippen MR) is 120 cm³/mol. The summed E-state index contributed by atoms with van der Waals surface area (Å²) in [7, 11) is 0. The van der Waals surface area contributed by atoms with E-state index in [-0.39, 0.29) is 18.5 Å². The van der Waals surface area contributed by atoms with E-state index in [0.29, 0.717) is 16.1 Å². The first-order chi connectivity index (χ1) is 15.2. The summed E-state index contributed by atoms with van der Waals surface area (Å²) >= 11 is 7.44. The fraction of sp³-hybridized carbons (Fsp3) is 0.0952. The van der Waals surface area contributed by atoms with Gasteiger partial charge in [0.2, 0.25) is 5.91 Å². The van der Waals surface area contributed by atoms with Crippen LogP contribution in [0.15, 0.2) is 72.3 Å². The Balaban J connectivity index is 1.55. The van der Waals surface area contributed by atoms with Crippen molar-refractivity contribution in [3.05, 3.63) is 88.4 Å². The van der Waals surface area contributed by atoms with Gasteiger partial charge in [0.05, 0.1) is 5.70 Å². The number of anilines is 2. The molecule has 0 saturated carbocycles. The molecule has 0 unspecified atom stereocenters. The molecule has 154 valence electrons. The van der Waals surface area contributed by atoms with Crippen LogP contribution in [0.5, 0.6) is 0 Å². The van der Waals surface area contributed by atoms with Crippen LogP contribution in [0.4, 0.5) is 11.1 Å². The van der Waals surface area contributed by atoms with E-state index >= 15 is 0 Å². The maximum absolute atomic E-state index is 12.8. The number of benzene rings is 2. The SMILES string of the molecule is O=C(CN1C(c2ccccc2)=C[C@@H](c2ccc(Cl)cc2)n2nnnc21)Nc1nccs1. The second-order valence-electron chi connectivity index (χ2n) is 6.81.